The molecular weight excluding hydrogens is 226 g/mol. The third-order valence-electron chi connectivity index (χ3n) is 4.19. The lowest BCUT2D eigenvalue weighted by Crippen LogP contribution is -2.39. The maximum absolute atomic E-state index is 12.8. The second-order valence-electron chi connectivity index (χ2n) is 5.26. The van der Waals surface area contributed by atoms with Crippen molar-refractivity contribution in [3.8, 4) is 0 Å². The smallest absolute Gasteiger partial charge is 0.205 e. The first kappa shape index (κ1) is 13.3. The molecule has 100 valence electrons. The molecule has 4 heteroatoms. The van der Waals surface area contributed by atoms with Gasteiger partial charge in [-0.25, -0.2) is 4.98 Å². The third kappa shape index (κ3) is 2.34. The summed E-state index contributed by atoms with van der Waals surface area (Å²) in [6, 6.07) is 0. The molecular formula is C14H23N3O. The Bertz CT molecular complexity index is 403. The van der Waals surface area contributed by atoms with Gasteiger partial charge in [-0.15, -0.1) is 0 Å². The number of ketones is 1. The number of Topliss-reactive ketones (excluding diaryl/α,β-unsaturated/α-hetero) is 1. The number of carbonyl (C=O) groups excluding carboxylic acids is 1. The summed E-state index contributed by atoms with van der Waals surface area (Å²) in [6.45, 7) is 3.25. The molecule has 0 atom stereocenters. The normalized spacial score (nSPS) is 19.4. The van der Waals surface area contributed by atoms with Crippen molar-refractivity contribution in [1.29, 1.82) is 0 Å². The van der Waals surface area contributed by atoms with Crippen LogP contribution in [0.2, 0.25) is 0 Å². The minimum Gasteiger partial charge on any atom is -0.329 e. The van der Waals surface area contributed by atoms with Crippen LogP contribution in [-0.4, -0.2) is 21.9 Å². The number of nitrogens with two attached hydrogens (primary N) is 1. The average molecular weight is 249 g/mol. The first-order valence-corrected chi connectivity index (χ1v) is 6.99. The Morgan fingerprint density at radius 1 is 1.39 bits per heavy atom. The van der Waals surface area contributed by atoms with Gasteiger partial charge in [0.25, 0.3) is 0 Å². The summed E-state index contributed by atoms with van der Waals surface area (Å²) in [7, 11) is 0. The van der Waals surface area contributed by atoms with Crippen LogP contribution in [0.5, 0.6) is 0 Å². The van der Waals surface area contributed by atoms with Crippen LogP contribution in [0.1, 0.15) is 56.1 Å². The predicted octanol–water partition coefficient (Wildman–Crippen LogP) is 2.38. The van der Waals surface area contributed by atoms with Crippen molar-refractivity contribution in [2.75, 3.05) is 6.54 Å². The molecule has 18 heavy (non-hydrogen) atoms. The fourth-order valence-corrected chi connectivity index (χ4v) is 2.94. The van der Waals surface area contributed by atoms with Gasteiger partial charge in [-0.2, -0.15) is 0 Å². The monoisotopic (exact) mass is 249 g/mol. The average Bonchev–Trinajstić information content (AvgIpc) is 2.74. The van der Waals surface area contributed by atoms with Crippen LogP contribution in [0.15, 0.2) is 12.4 Å². The number of carbonyl (C=O) groups is 1. The van der Waals surface area contributed by atoms with Crippen LogP contribution in [0.25, 0.3) is 0 Å². The van der Waals surface area contributed by atoms with E-state index < -0.39 is 0 Å². The largest absolute Gasteiger partial charge is 0.329 e. The Kier molecular flexibility index (Phi) is 4.17. The van der Waals surface area contributed by atoms with Crippen LogP contribution in [-0.2, 0) is 6.54 Å². The molecule has 0 amide bonds. The summed E-state index contributed by atoms with van der Waals surface area (Å²) >= 11 is 0. The molecule has 0 unspecified atom stereocenters. The lowest BCUT2D eigenvalue weighted by atomic mass is 9.76. The van der Waals surface area contributed by atoms with E-state index in [-0.39, 0.29) is 11.2 Å². The molecule has 0 saturated heterocycles. The Morgan fingerprint density at radius 2 is 2.06 bits per heavy atom. The van der Waals surface area contributed by atoms with Crippen LogP contribution in [0.3, 0.4) is 0 Å². The highest BCUT2D eigenvalue weighted by Crippen LogP contribution is 2.36. The highest BCUT2D eigenvalue weighted by atomic mass is 16.1. The van der Waals surface area contributed by atoms with E-state index in [1.807, 2.05) is 17.7 Å². The molecule has 4 nitrogen and oxygen atoms in total. The van der Waals surface area contributed by atoms with Crippen molar-refractivity contribution in [1.82, 2.24) is 9.55 Å². The van der Waals surface area contributed by atoms with Crippen molar-refractivity contribution < 1.29 is 4.79 Å². The lowest BCUT2D eigenvalue weighted by Gasteiger charge is -2.29. The van der Waals surface area contributed by atoms with E-state index in [9.17, 15) is 4.79 Å². The molecule has 1 aromatic rings. The van der Waals surface area contributed by atoms with Gasteiger partial charge < -0.3 is 10.3 Å². The molecule has 0 radical (unpaired) electrons. The lowest BCUT2D eigenvalue weighted by molar-refractivity contribution is 0.0757. The molecule has 0 bridgehead atoms. The molecule has 1 saturated carbocycles. The molecule has 1 fully saturated rings. The Labute approximate surface area is 109 Å². The summed E-state index contributed by atoms with van der Waals surface area (Å²) in [5.41, 5.74) is 5.58. The van der Waals surface area contributed by atoms with Crippen molar-refractivity contribution in [2.24, 2.45) is 11.1 Å². The minimum absolute atomic E-state index is 0.152. The SMILES string of the molecule is CCn1ccnc1C(=O)C1(CN)CCCCCC1. The van der Waals surface area contributed by atoms with Gasteiger partial charge in [0.1, 0.15) is 0 Å². The van der Waals surface area contributed by atoms with Crippen molar-refractivity contribution in [3.05, 3.63) is 18.2 Å². The van der Waals surface area contributed by atoms with Gasteiger partial charge in [-0.3, -0.25) is 4.79 Å². The van der Waals surface area contributed by atoms with Gasteiger partial charge in [0, 0.05) is 30.9 Å². The number of aryl methyl sites for hydroxylation is 1. The number of nitrogens with zero attached hydrogens (tertiary/aromatic N) is 2. The quantitative estimate of drug-likeness (QED) is 0.658. The maximum atomic E-state index is 12.8. The Hall–Kier alpha value is -1.16. The number of hydrogen-bond donors (Lipinski definition) is 1. The van der Waals surface area contributed by atoms with Crippen LogP contribution < -0.4 is 5.73 Å². The zero-order chi connectivity index (χ0) is 13.0. The minimum atomic E-state index is -0.366. The van der Waals surface area contributed by atoms with E-state index in [0.29, 0.717) is 12.4 Å². The number of hydrogen-bond acceptors (Lipinski definition) is 3. The van der Waals surface area contributed by atoms with E-state index >= 15 is 0 Å². The summed E-state index contributed by atoms with van der Waals surface area (Å²) in [6.07, 6.45) is 10.1. The Morgan fingerprint density at radius 3 is 2.61 bits per heavy atom. The van der Waals surface area contributed by atoms with Crippen LogP contribution in [0.4, 0.5) is 0 Å². The molecule has 1 aliphatic rings. The van der Waals surface area contributed by atoms with Gasteiger partial charge >= 0.3 is 0 Å². The summed E-state index contributed by atoms with van der Waals surface area (Å²) in [4.78, 5) is 17.0. The van der Waals surface area contributed by atoms with E-state index in [2.05, 4.69) is 4.98 Å². The number of aromatic nitrogens is 2. The molecule has 1 aromatic heterocycles. The van der Waals surface area contributed by atoms with Gasteiger partial charge in [0.05, 0.1) is 0 Å². The molecule has 0 spiro atoms. The van der Waals surface area contributed by atoms with E-state index in [0.717, 1.165) is 32.2 Å². The molecule has 1 heterocycles. The third-order valence-corrected chi connectivity index (χ3v) is 4.19. The van der Waals surface area contributed by atoms with Crippen molar-refractivity contribution >= 4 is 5.78 Å². The van der Waals surface area contributed by atoms with Gasteiger partial charge in [0.15, 0.2) is 5.82 Å². The first-order chi connectivity index (χ1) is 8.73. The Balaban J connectivity index is 2.28. The standard InChI is InChI=1S/C14H23N3O/c1-2-17-10-9-16-13(17)12(18)14(11-15)7-5-3-4-6-8-14/h9-10H,2-8,11,15H2,1H3. The van der Waals surface area contributed by atoms with E-state index in [1.165, 1.54) is 12.8 Å². The van der Waals surface area contributed by atoms with Gasteiger partial charge in [0.2, 0.25) is 5.78 Å². The summed E-state index contributed by atoms with van der Waals surface area (Å²) in [5, 5.41) is 0. The fourth-order valence-electron chi connectivity index (χ4n) is 2.94. The van der Waals surface area contributed by atoms with Crippen LogP contribution in [0, 0.1) is 5.41 Å². The highest BCUT2D eigenvalue weighted by Gasteiger charge is 2.39. The topological polar surface area (TPSA) is 60.9 Å². The second-order valence-corrected chi connectivity index (χ2v) is 5.26. The van der Waals surface area contributed by atoms with Crippen LogP contribution >= 0.6 is 0 Å². The molecule has 2 N–H and O–H groups in total. The first-order valence-electron chi connectivity index (χ1n) is 6.99. The molecule has 0 aromatic carbocycles. The van der Waals surface area contributed by atoms with Crippen molar-refractivity contribution in [2.45, 2.75) is 52.0 Å². The van der Waals surface area contributed by atoms with E-state index in [4.69, 9.17) is 5.73 Å². The molecule has 2 rings (SSSR count). The molecule has 0 aliphatic heterocycles. The maximum Gasteiger partial charge on any atom is 0.205 e. The summed E-state index contributed by atoms with van der Waals surface area (Å²) in [5.74, 6) is 0.739. The fraction of sp³-hybridized carbons (Fsp3) is 0.714. The van der Waals surface area contributed by atoms with Crippen molar-refractivity contribution in [3.63, 3.8) is 0 Å². The summed E-state index contributed by atoms with van der Waals surface area (Å²) < 4.78 is 1.92. The molecule has 1 aliphatic carbocycles. The predicted molar refractivity (Wildman–Crippen MR) is 71.4 cm³/mol. The second kappa shape index (κ2) is 5.65. The number of rotatable bonds is 4. The zero-order valence-electron chi connectivity index (χ0n) is 11.2. The highest BCUT2D eigenvalue weighted by molar-refractivity contribution is 5.97. The van der Waals surface area contributed by atoms with E-state index in [1.54, 1.807) is 6.20 Å². The zero-order valence-corrected chi connectivity index (χ0v) is 11.2. The number of imidazole rings is 1. The van der Waals surface area contributed by atoms with Gasteiger partial charge in [-0.05, 0) is 19.8 Å². The van der Waals surface area contributed by atoms with Gasteiger partial charge in [-0.1, -0.05) is 25.7 Å².